The van der Waals surface area contributed by atoms with Crippen LogP contribution in [0.25, 0.3) is 0 Å². The largest absolute Gasteiger partial charge is 0.395 e. The summed E-state index contributed by atoms with van der Waals surface area (Å²) in [7, 11) is 0. The average Bonchev–Trinajstić information content (AvgIpc) is 2.35. The molecule has 0 amide bonds. The quantitative estimate of drug-likeness (QED) is 0.736. The Morgan fingerprint density at radius 2 is 2.00 bits per heavy atom. The van der Waals surface area contributed by atoms with E-state index in [1.165, 1.54) is 0 Å². The maximum absolute atomic E-state index is 9.56. The lowest BCUT2D eigenvalue weighted by molar-refractivity contribution is 0.0667. The van der Waals surface area contributed by atoms with Crippen LogP contribution in [0, 0.1) is 0 Å². The Kier molecular flexibility index (Phi) is 5.92. The highest BCUT2D eigenvalue weighted by atomic mass is 35.5. The number of rotatable bonds is 7. The fourth-order valence-corrected chi connectivity index (χ4v) is 1.96. The van der Waals surface area contributed by atoms with Crippen molar-refractivity contribution in [2.45, 2.75) is 18.8 Å². The number of aliphatic hydroxyl groups excluding tert-OH is 2. The molecule has 0 bridgehead atoms. The van der Waals surface area contributed by atoms with E-state index in [0.29, 0.717) is 24.7 Å². The maximum atomic E-state index is 9.56. The average molecular weight is 259 g/mol. The minimum atomic E-state index is -0.680. The third-order valence-corrected chi connectivity index (χ3v) is 3.21. The van der Waals surface area contributed by atoms with E-state index in [-0.39, 0.29) is 13.2 Å². The monoisotopic (exact) mass is 258 g/mol. The molecule has 0 aromatic heterocycles. The summed E-state index contributed by atoms with van der Waals surface area (Å²) < 4.78 is 5.29. The van der Waals surface area contributed by atoms with Crippen LogP contribution in [0.1, 0.15) is 18.9 Å². The number of hydrogen-bond acceptors (Lipinski definition) is 3. The van der Waals surface area contributed by atoms with Gasteiger partial charge >= 0.3 is 0 Å². The zero-order valence-electron chi connectivity index (χ0n) is 10.0. The van der Waals surface area contributed by atoms with Gasteiger partial charge in [0, 0.05) is 23.7 Å². The van der Waals surface area contributed by atoms with Gasteiger partial charge in [0.25, 0.3) is 0 Å². The van der Waals surface area contributed by atoms with Crippen LogP contribution in [-0.4, -0.2) is 36.6 Å². The van der Waals surface area contributed by atoms with Crippen molar-refractivity contribution in [2.24, 2.45) is 0 Å². The maximum Gasteiger partial charge on any atom is 0.0550 e. The molecule has 0 aliphatic heterocycles. The molecular weight excluding hydrogens is 240 g/mol. The summed E-state index contributed by atoms with van der Waals surface area (Å²) in [5, 5.41) is 19.7. The van der Waals surface area contributed by atoms with Gasteiger partial charge in [-0.05, 0) is 31.0 Å². The second-order valence-corrected chi connectivity index (χ2v) is 4.49. The molecule has 3 nitrogen and oxygen atoms in total. The number of aliphatic hydroxyl groups is 2. The topological polar surface area (TPSA) is 49.7 Å². The van der Waals surface area contributed by atoms with Crippen LogP contribution in [0.2, 0.25) is 5.02 Å². The Morgan fingerprint density at radius 3 is 2.53 bits per heavy atom. The minimum Gasteiger partial charge on any atom is -0.395 e. The number of halogens is 1. The van der Waals surface area contributed by atoms with Crippen molar-refractivity contribution in [3.63, 3.8) is 0 Å². The van der Waals surface area contributed by atoms with E-state index in [1.54, 1.807) is 12.1 Å². The van der Waals surface area contributed by atoms with Gasteiger partial charge in [-0.2, -0.15) is 0 Å². The van der Waals surface area contributed by atoms with Crippen molar-refractivity contribution < 1.29 is 14.9 Å². The van der Waals surface area contributed by atoms with Gasteiger partial charge < -0.3 is 14.9 Å². The zero-order valence-corrected chi connectivity index (χ0v) is 10.8. The van der Waals surface area contributed by atoms with Crippen LogP contribution in [0.5, 0.6) is 0 Å². The fraction of sp³-hybridized carbons (Fsp3) is 0.538. The van der Waals surface area contributed by atoms with Gasteiger partial charge in [-0.25, -0.2) is 0 Å². The van der Waals surface area contributed by atoms with Crippen LogP contribution in [0.3, 0.4) is 0 Å². The second kappa shape index (κ2) is 6.97. The summed E-state index contributed by atoms with van der Waals surface area (Å²) in [4.78, 5) is 0. The van der Waals surface area contributed by atoms with Crippen molar-refractivity contribution in [3.05, 3.63) is 34.9 Å². The first-order chi connectivity index (χ1) is 8.18. The molecule has 2 N–H and O–H groups in total. The molecule has 4 heteroatoms. The van der Waals surface area contributed by atoms with E-state index in [4.69, 9.17) is 16.3 Å². The van der Waals surface area contributed by atoms with E-state index in [1.807, 2.05) is 19.1 Å². The molecule has 1 aromatic rings. The molecule has 0 heterocycles. The third kappa shape index (κ3) is 3.68. The highest BCUT2D eigenvalue weighted by Gasteiger charge is 2.30. The lowest BCUT2D eigenvalue weighted by Crippen LogP contribution is -2.36. The SMILES string of the molecule is CCOCCC(CO)(CO)c1cccc(Cl)c1. The van der Waals surface area contributed by atoms with Crippen LogP contribution in [0.15, 0.2) is 24.3 Å². The first-order valence-electron chi connectivity index (χ1n) is 5.74. The first-order valence-corrected chi connectivity index (χ1v) is 6.12. The molecule has 0 radical (unpaired) electrons. The molecule has 0 unspecified atom stereocenters. The lowest BCUT2D eigenvalue weighted by atomic mass is 9.79. The van der Waals surface area contributed by atoms with Crippen molar-refractivity contribution in [2.75, 3.05) is 26.4 Å². The van der Waals surface area contributed by atoms with E-state index < -0.39 is 5.41 Å². The molecule has 0 fully saturated rings. The molecule has 0 aliphatic rings. The highest BCUT2D eigenvalue weighted by molar-refractivity contribution is 6.30. The minimum absolute atomic E-state index is 0.128. The van der Waals surface area contributed by atoms with Gasteiger partial charge in [-0.3, -0.25) is 0 Å². The van der Waals surface area contributed by atoms with Gasteiger partial charge in [-0.15, -0.1) is 0 Å². The summed E-state index contributed by atoms with van der Waals surface area (Å²) in [5.41, 5.74) is 0.162. The molecule has 0 saturated carbocycles. The summed E-state index contributed by atoms with van der Waals surface area (Å²) in [6.07, 6.45) is 0.564. The van der Waals surface area contributed by atoms with Crippen LogP contribution >= 0.6 is 11.6 Å². The standard InChI is InChI=1S/C13H19ClO3/c1-2-17-7-6-13(9-15,10-16)11-4-3-5-12(14)8-11/h3-5,8,15-16H,2,6-7,9-10H2,1H3. The normalized spacial score (nSPS) is 11.8. The van der Waals surface area contributed by atoms with Crippen molar-refractivity contribution in [3.8, 4) is 0 Å². The molecule has 0 saturated heterocycles. The van der Waals surface area contributed by atoms with Gasteiger partial charge in [0.2, 0.25) is 0 Å². The number of ether oxygens (including phenoxy) is 1. The first kappa shape index (κ1) is 14.5. The van der Waals surface area contributed by atoms with E-state index in [0.717, 1.165) is 5.56 Å². The van der Waals surface area contributed by atoms with Gasteiger partial charge in [-0.1, -0.05) is 23.7 Å². The molecule has 0 atom stereocenters. The van der Waals surface area contributed by atoms with E-state index in [2.05, 4.69) is 0 Å². The fourth-order valence-electron chi connectivity index (χ4n) is 1.77. The number of hydrogen-bond donors (Lipinski definition) is 2. The number of benzene rings is 1. The van der Waals surface area contributed by atoms with Gasteiger partial charge in [0.1, 0.15) is 0 Å². The van der Waals surface area contributed by atoms with Gasteiger partial charge in [0.15, 0.2) is 0 Å². The van der Waals surface area contributed by atoms with Crippen LogP contribution in [-0.2, 0) is 10.2 Å². The molecule has 0 spiro atoms. The predicted octanol–water partition coefficient (Wildman–Crippen LogP) is 1.99. The third-order valence-electron chi connectivity index (χ3n) is 2.97. The Labute approximate surface area is 107 Å². The predicted molar refractivity (Wildman–Crippen MR) is 68.4 cm³/mol. The van der Waals surface area contributed by atoms with Gasteiger partial charge in [0.05, 0.1) is 13.2 Å². The zero-order chi connectivity index (χ0) is 12.7. The summed E-state index contributed by atoms with van der Waals surface area (Å²) in [6.45, 7) is 2.79. The van der Waals surface area contributed by atoms with Crippen molar-refractivity contribution in [1.82, 2.24) is 0 Å². The Hall–Kier alpha value is -0.610. The molecule has 17 heavy (non-hydrogen) atoms. The smallest absolute Gasteiger partial charge is 0.0550 e. The Balaban J connectivity index is 2.89. The second-order valence-electron chi connectivity index (χ2n) is 4.05. The molecule has 1 rings (SSSR count). The summed E-state index contributed by atoms with van der Waals surface area (Å²) in [5.74, 6) is 0. The molecular formula is C13H19ClO3. The summed E-state index contributed by atoms with van der Waals surface area (Å²) >= 11 is 5.93. The molecule has 96 valence electrons. The molecule has 1 aromatic carbocycles. The summed E-state index contributed by atoms with van der Waals surface area (Å²) in [6, 6.07) is 7.23. The van der Waals surface area contributed by atoms with Crippen LogP contribution in [0.4, 0.5) is 0 Å². The Morgan fingerprint density at radius 1 is 1.29 bits per heavy atom. The lowest BCUT2D eigenvalue weighted by Gasteiger charge is -2.30. The molecule has 0 aliphatic carbocycles. The van der Waals surface area contributed by atoms with E-state index in [9.17, 15) is 10.2 Å². The van der Waals surface area contributed by atoms with Crippen molar-refractivity contribution >= 4 is 11.6 Å². The van der Waals surface area contributed by atoms with E-state index >= 15 is 0 Å². The van der Waals surface area contributed by atoms with Crippen LogP contribution < -0.4 is 0 Å². The Bertz CT molecular complexity index is 337. The highest BCUT2D eigenvalue weighted by Crippen LogP contribution is 2.29. The van der Waals surface area contributed by atoms with Crippen molar-refractivity contribution in [1.29, 1.82) is 0 Å².